The van der Waals surface area contributed by atoms with Gasteiger partial charge in [0, 0.05) is 0 Å². The lowest BCUT2D eigenvalue weighted by atomic mass is 10.1. The average Bonchev–Trinajstić information content (AvgIpc) is 2.47. The molecule has 1 atom stereocenters. The van der Waals surface area contributed by atoms with E-state index in [0.717, 1.165) is 12.8 Å². The molecule has 3 heteroatoms. The molecule has 0 spiro atoms. The number of benzene rings is 1. The largest absolute Gasteiger partial charge is 0.243 e. The van der Waals surface area contributed by atoms with Gasteiger partial charge in [-0.3, -0.25) is 0 Å². The fraction of sp³-hybridized carbons (Fsp3) is 0.400. The Morgan fingerprint density at radius 3 is 2.85 bits per heavy atom. The lowest BCUT2D eigenvalue weighted by molar-refractivity contribution is -0.535. The number of nitrogens with zero attached hydrogens (tertiary/aromatic N) is 1. The van der Waals surface area contributed by atoms with Gasteiger partial charge in [-0.1, -0.05) is 29.5 Å². The Kier molecular flexibility index (Phi) is 1.62. The molecule has 1 saturated heterocycles. The molecule has 2 aliphatic rings. The van der Waals surface area contributed by atoms with E-state index in [4.69, 9.17) is 9.68 Å². The first-order chi connectivity index (χ1) is 6.45. The van der Waals surface area contributed by atoms with Crippen molar-refractivity contribution in [3.63, 3.8) is 0 Å². The molecule has 68 valence electrons. The van der Waals surface area contributed by atoms with E-state index in [1.807, 2.05) is 0 Å². The Labute approximate surface area is 76.8 Å². The van der Waals surface area contributed by atoms with E-state index in [1.165, 1.54) is 11.1 Å². The van der Waals surface area contributed by atoms with Crippen molar-refractivity contribution in [2.24, 2.45) is 0 Å². The smallest absolute Gasteiger partial charge is 0.192 e. The molecule has 3 rings (SSSR count). The maximum atomic E-state index is 5.18. The Hall–Kier alpha value is -0.900. The Morgan fingerprint density at radius 2 is 2.08 bits per heavy atom. The van der Waals surface area contributed by atoms with Gasteiger partial charge in [-0.25, -0.2) is 9.68 Å². The number of rotatable bonds is 1. The van der Waals surface area contributed by atoms with Crippen LogP contribution in [0, 0.1) is 0 Å². The molecular formula is C10H11NO2. The number of hydrogen-bond acceptors (Lipinski definition) is 3. The van der Waals surface area contributed by atoms with Crippen LogP contribution in [0.2, 0.25) is 0 Å². The van der Waals surface area contributed by atoms with E-state index in [9.17, 15) is 0 Å². The van der Waals surface area contributed by atoms with Crippen LogP contribution in [0.1, 0.15) is 23.6 Å². The lowest BCUT2D eigenvalue weighted by Crippen LogP contribution is -2.39. The summed E-state index contributed by atoms with van der Waals surface area (Å²) in [4.78, 5) is 10.4. The van der Waals surface area contributed by atoms with Crippen molar-refractivity contribution in [3.8, 4) is 0 Å². The van der Waals surface area contributed by atoms with Crippen LogP contribution in [0.25, 0.3) is 0 Å². The number of aryl methyl sites for hydroxylation is 1. The standard InChI is InChI=1S/C10H11NO2/c1-2-4-9-8(3-1)5-6-10(9)11-12-7-13-11/h1-4,10H,5-7H2. The van der Waals surface area contributed by atoms with Crippen LogP contribution in [0.3, 0.4) is 0 Å². The second-order valence-electron chi connectivity index (χ2n) is 3.41. The predicted octanol–water partition coefficient (Wildman–Crippen LogP) is 1.81. The quantitative estimate of drug-likeness (QED) is 0.653. The third kappa shape index (κ3) is 1.09. The fourth-order valence-corrected chi connectivity index (χ4v) is 2.05. The van der Waals surface area contributed by atoms with Crippen LogP contribution in [0.15, 0.2) is 24.3 Å². The zero-order valence-electron chi connectivity index (χ0n) is 7.27. The predicted molar refractivity (Wildman–Crippen MR) is 46.4 cm³/mol. The lowest BCUT2D eigenvalue weighted by Gasteiger charge is -2.33. The molecule has 0 radical (unpaired) electrons. The van der Waals surface area contributed by atoms with E-state index in [2.05, 4.69) is 24.3 Å². The number of hydrogen-bond donors (Lipinski definition) is 0. The summed E-state index contributed by atoms with van der Waals surface area (Å²) < 4.78 is 0. The van der Waals surface area contributed by atoms with E-state index in [1.54, 1.807) is 5.23 Å². The van der Waals surface area contributed by atoms with Crippen molar-refractivity contribution in [1.82, 2.24) is 5.23 Å². The van der Waals surface area contributed by atoms with Crippen molar-refractivity contribution >= 4 is 0 Å². The number of fused-ring (bicyclic) bond motifs is 1. The van der Waals surface area contributed by atoms with Crippen LogP contribution in [0.4, 0.5) is 0 Å². The summed E-state index contributed by atoms with van der Waals surface area (Å²) in [6.07, 6.45) is 2.23. The molecule has 1 fully saturated rings. The van der Waals surface area contributed by atoms with Crippen molar-refractivity contribution in [2.75, 3.05) is 6.79 Å². The van der Waals surface area contributed by atoms with Crippen LogP contribution < -0.4 is 0 Å². The molecule has 1 heterocycles. The minimum Gasteiger partial charge on any atom is -0.243 e. The highest BCUT2D eigenvalue weighted by atomic mass is 17.1. The molecule has 0 N–H and O–H groups in total. The topological polar surface area (TPSA) is 21.7 Å². The van der Waals surface area contributed by atoms with Crippen molar-refractivity contribution in [2.45, 2.75) is 18.9 Å². The van der Waals surface area contributed by atoms with Gasteiger partial charge >= 0.3 is 0 Å². The summed E-state index contributed by atoms with van der Waals surface area (Å²) in [6.45, 7) is 0.401. The molecule has 1 aromatic rings. The molecule has 1 aliphatic heterocycles. The molecule has 0 aromatic heterocycles. The monoisotopic (exact) mass is 177 g/mol. The molecule has 0 amide bonds. The van der Waals surface area contributed by atoms with Crippen LogP contribution in [0.5, 0.6) is 0 Å². The number of hydroxylamine groups is 2. The minimum absolute atomic E-state index is 0.310. The second-order valence-corrected chi connectivity index (χ2v) is 3.41. The fourth-order valence-electron chi connectivity index (χ4n) is 2.05. The molecular weight excluding hydrogens is 166 g/mol. The van der Waals surface area contributed by atoms with Gasteiger partial charge in [0.25, 0.3) is 0 Å². The van der Waals surface area contributed by atoms with Gasteiger partial charge in [0.2, 0.25) is 0 Å². The Bertz CT molecular complexity index is 322. The van der Waals surface area contributed by atoms with Gasteiger partial charge < -0.3 is 0 Å². The SMILES string of the molecule is c1ccc2c(c1)CCC2N1OCO1. The van der Waals surface area contributed by atoms with Crippen molar-refractivity contribution in [1.29, 1.82) is 0 Å². The summed E-state index contributed by atoms with van der Waals surface area (Å²) in [5.74, 6) is 0. The third-order valence-corrected chi connectivity index (χ3v) is 2.72. The maximum absolute atomic E-state index is 5.18. The average molecular weight is 177 g/mol. The summed E-state index contributed by atoms with van der Waals surface area (Å²) in [6, 6.07) is 8.79. The third-order valence-electron chi connectivity index (χ3n) is 2.72. The summed E-state index contributed by atoms with van der Waals surface area (Å²) in [7, 11) is 0. The molecule has 13 heavy (non-hydrogen) atoms. The second kappa shape index (κ2) is 2.80. The highest BCUT2D eigenvalue weighted by molar-refractivity contribution is 5.33. The molecule has 1 aliphatic carbocycles. The van der Waals surface area contributed by atoms with E-state index >= 15 is 0 Å². The Balaban J connectivity index is 1.93. The van der Waals surface area contributed by atoms with E-state index in [-0.39, 0.29) is 0 Å². The first kappa shape index (κ1) is 7.50. The summed E-state index contributed by atoms with van der Waals surface area (Å²) in [5.41, 5.74) is 2.77. The van der Waals surface area contributed by atoms with Crippen LogP contribution in [-0.4, -0.2) is 12.0 Å². The van der Waals surface area contributed by atoms with Crippen LogP contribution in [-0.2, 0) is 16.1 Å². The van der Waals surface area contributed by atoms with Crippen molar-refractivity contribution in [3.05, 3.63) is 35.4 Å². The van der Waals surface area contributed by atoms with Gasteiger partial charge in [-0.05, 0) is 24.0 Å². The molecule has 3 nitrogen and oxygen atoms in total. The zero-order valence-corrected chi connectivity index (χ0v) is 7.27. The molecule has 0 bridgehead atoms. The van der Waals surface area contributed by atoms with E-state index < -0.39 is 0 Å². The summed E-state index contributed by atoms with van der Waals surface area (Å²) >= 11 is 0. The van der Waals surface area contributed by atoms with Gasteiger partial charge in [0.1, 0.15) is 0 Å². The first-order valence-electron chi connectivity index (χ1n) is 4.58. The summed E-state index contributed by atoms with van der Waals surface area (Å²) in [5, 5.41) is 1.62. The molecule has 1 aromatic carbocycles. The minimum atomic E-state index is 0.310. The van der Waals surface area contributed by atoms with Gasteiger partial charge in [-0.15, -0.1) is 0 Å². The van der Waals surface area contributed by atoms with Crippen molar-refractivity contribution < 1.29 is 9.68 Å². The van der Waals surface area contributed by atoms with Crippen LogP contribution >= 0.6 is 0 Å². The van der Waals surface area contributed by atoms with Gasteiger partial charge in [0.05, 0.1) is 6.04 Å². The molecule has 1 unspecified atom stereocenters. The zero-order chi connectivity index (χ0) is 8.67. The molecule has 0 saturated carbocycles. The Morgan fingerprint density at radius 1 is 1.23 bits per heavy atom. The highest BCUT2D eigenvalue weighted by Crippen LogP contribution is 2.37. The maximum Gasteiger partial charge on any atom is 0.192 e. The van der Waals surface area contributed by atoms with Gasteiger partial charge in [0.15, 0.2) is 6.79 Å². The first-order valence-corrected chi connectivity index (χ1v) is 4.58. The van der Waals surface area contributed by atoms with E-state index in [0.29, 0.717) is 12.8 Å². The van der Waals surface area contributed by atoms with Gasteiger partial charge in [-0.2, -0.15) is 0 Å². The highest BCUT2D eigenvalue weighted by Gasteiger charge is 2.33. The normalized spacial score (nSPS) is 26.9.